The molecule has 0 fully saturated rings. The van der Waals surface area contributed by atoms with Crippen molar-refractivity contribution in [3.63, 3.8) is 0 Å². The lowest BCUT2D eigenvalue weighted by molar-refractivity contribution is -0.0906. The fraction of sp³-hybridized carbons (Fsp3) is 0.214. The van der Waals surface area contributed by atoms with Crippen molar-refractivity contribution in [2.45, 2.75) is 38.9 Å². The molecule has 0 aliphatic carbocycles. The van der Waals surface area contributed by atoms with Crippen LogP contribution < -0.4 is 9.64 Å². The molecule has 3 nitrogen and oxygen atoms in total. The highest BCUT2D eigenvalue weighted by molar-refractivity contribution is 5.98. The lowest BCUT2D eigenvalue weighted by Gasteiger charge is -2.37. The Balaban J connectivity index is 1.77. The quantitative estimate of drug-likeness (QED) is 0.363. The molecule has 1 N–H and O–H groups in total. The van der Waals surface area contributed by atoms with Crippen molar-refractivity contribution in [3.8, 4) is 5.75 Å². The number of nitrogens with zero attached hydrogens (tertiary/aromatic N) is 1. The molecular formula is C28H29NO2. The van der Waals surface area contributed by atoms with Crippen molar-refractivity contribution in [1.29, 1.82) is 0 Å². The smallest absolute Gasteiger partial charge is 0.131 e. The van der Waals surface area contributed by atoms with E-state index in [1.54, 1.807) is 13.8 Å². The number of hydrogen-bond acceptors (Lipinski definition) is 3. The van der Waals surface area contributed by atoms with Gasteiger partial charge in [0, 0.05) is 16.8 Å². The summed E-state index contributed by atoms with van der Waals surface area (Å²) in [6.45, 7) is 7.32. The third-order valence-electron chi connectivity index (χ3n) is 5.96. The van der Waals surface area contributed by atoms with Gasteiger partial charge in [-0.2, -0.15) is 0 Å². The molecule has 4 rings (SSSR count). The van der Waals surface area contributed by atoms with Gasteiger partial charge in [0.1, 0.15) is 11.4 Å². The summed E-state index contributed by atoms with van der Waals surface area (Å²) < 4.78 is 6.11. The minimum Gasteiger partial charge on any atom is -0.485 e. The predicted octanol–water partition coefficient (Wildman–Crippen LogP) is 7.24. The molecule has 0 unspecified atom stereocenters. The summed E-state index contributed by atoms with van der Waals surface area (Å²) in [5.41, 5.74) is 1.56. The summed E-state index contributed by atoms with van der Waals surface area (Å²) in [4.78, 5) is 2.26. The molecule has 0 saturated carbocycles. The van der Waals surface area contributed by atoms with Crippen molar-refractivity contribution in [1.82, 2.24) is 0 Å². The van der Waals surface area contributed by atoms with Gasteiger partial charge >= 0.3 is 0 Å². The summed E-state index contributed by atoms with van der Waals surface area (Å²) in [6, 6.07) is 33.2. The molecule has 0 atom stereocenters. The van der Waals surface area contributed by atoms with E-state index in [0.717, 1.165) is 22.8 Å². The fourth-order valence-electron chi connectivity index (χ4n) is 3.49. The first-order valence-corrected chi connectivity index (χ1v) is 10.6. The van der Waals surface area contributed by atoms with E-state index in [-0.39, 0.29) is 0 Å². The SMILES string of the molecule is CC(C)(O)C(C)(C)Oc1ccc(N(c2ccccc2)c2cccc3ccccc23)cc1. The van der Waals surface area contributed by atoms with Crippen molar-refractivity contribution >= 4 is 27.8 Å². The van der Waals surface area contributed by atoms with Crippen LogP contribution in [0.3, 0.4) is 0 Å². The van der Waals surface area contributed by atoms with Crippen molar-refractivity contribution < 1.29 is 9.84 Å². The molecule has 0 bridgehead atoms. The van der Waals surface area contributed by atoms with E-state index in [0.29, 0.717) is 0 Å². The number of anilines is 3. The predicted molar refractivity (Wildman–Crippen MR) is 130 cm³/mol. The minimum absolute atomic E-state index is 0.719. The maximum atomic E-state index is 10.4. The van der Waals surface area contributed by atoms with E-state index >= 15 is 0 Å². The van der Waals surface area contributed by atoms with Gasteiger partial charge in [-0.15, -0.1) is 0 Å². The lowest BCUT2D eigenvalue weighted by atomic mass is 9.89. The maximum Gasteiger partial charge on any atom is 0.131 e. The second-order valence-electron chi connectivity index (χ2n) is 8.83. The van der Waals surface area contributed by atoms with Gasteiger partial charge in [0.05, 0.1) is 11.3 Å². The minimum atomic E-state index is -0.968. The maximum absolute atomic E-state index is 10.4. The zero-order valence-corrected chi connectivity index (χ0v) is 18.5. The molecule has 0 heterocycles. The standard InChI is InChI=1S/C28H29NO2/c1-27(2,30)28(3,4)31-24-19-17-23(18-20-24)29(22-13-6-5-7-14-22)26-16-10-12-21-11-8-9-15-25(21)26/h5-20,30H,1-4H3. The number of rotatable bonds is 6. The molecule has 0 aliphatic heterocycles. The van der Waals surface area contributed by atoms with Crippen LogP contribution in [-0.2, 0) is 0 Å². The van der Waals surface area contributed by atoms with Crippen LogP contribution in [0.15, 0.2) is 97.1 Å². The average molecular weight is 412 g/mol. The van der Waals surface area contributed by atoms with Gasteiger partial charge in [-0.1, -0.05) is 54.6 Å². The average Bonchev–Trinajstić information content (AvgIpc) is 2.75. The molecule has 0 radical (unpaired) electrons. The van der Waals surface area contributed by atoms with E-state index in [9.17, 15) is 5.11 Å². The van der Waals surface area contributed by atoms with Crippen molar-refractivity contribution in [2.24, 2.45) is 0 Å². The van der Waals surface area contributed by atoms with Gasteiger partial charge in [-0.25, -0.2) is 0 Å². The molecule has 4 aromatic carbocycles. The molecule has 4 aromatic rings. The van der Waals surface area contributed by atoms with E-state index in [4.69, 9.17) is 4.74 Å². The van der Waals surface area contributed by atoms with Crippen LogP contribution in [-0.4, -0.2) is 16.3 Å². The Kier molecular flexibility index (Phi) is 5.47. The Hall–Kier alpha value is -3.30. The monoisotopic (exact) mass is 411 g/mol. The highest BCUT2D eigenvalue weighted by Gasteiger charge is 2.37. The zero-order valence-electron chi connectivity index (χ0n) is 18.5. The van der Waals surface area contributed by atoms with Gasteiger partial charge in [0.25, 0.3) is 0 Å². The molecule has 0 aromatic heterocycles. The number of aliphatic hydroxyl groups is 1. The van der Waals surface area contributed by atoms with Crippen molar-refractivity contribution in [2.75, 3.05) is 4.90 Å². The second-order valence-corrected chi connectivity index (χ2v) is 8.83. The van der Waals surface area contributed by atoms with Crippen LogP contribution >= 0.6 is 0 Å². The highest BCUT2D eigenvalue weighted by atomic mass is 16.5. The Morgan fingerprint density at radius 2 is 1.23 bits per heavy atom. The molecule has 3 heteroatoms. The Morgan fingerprint density at radius 1 is 0.645 bits per heavy atom. The summed E-state index contributed by atoms with van der Waals surface area (Å²) in [5.74, 6) is 0.724. The Bertz CT molecular complexity index is 1150. The molecule has 0 aliphatic rings. The number of hydrogen-bond donors (Lipinski definition) is 1. The van der Waals surface area contributed by atoms with Crippen molar-refractivity contribution in [3.05, 3.63) is 97.1 Å². The van der Waals surface area contributed by atoms with E-state index < -0.39 is 11.2 Å². The van der Waals surface area contributed by atoms with Crippen LogP contribution in [0.2, 0.25) is 0 Å². The Labute approximate surface area is 184 Å². The number of para-hydroxylation sites is 1. The first kappa shape index (κ1) is 21.0. The van der Waals surface area contributed by atoms with Crippen LogP contribution in [0.1, 0.15) is 27.7 Å². The van der Waals surface area contributed by atoms with Gasteiger partial charge in [-0.3, -0.25) is 0 Å². The van der Waals surface area contributed by atoms with Gasteiger partial charge in [0.15, 0.2) is 0 Å². The third kappa shape index (κ3) is 4.28. The first-order valence-electron chi connectivity index (χ1n) is 10.6. The fourth-order valence-corrected chi connectivity index (χ4v) is 3.49. The molecular weight excluding hydrogens is 382 g/mol. The van der Waals surface area contributed by atoms with Crippen LogP contribution in [0.4, 0.5) is 17.1 Å². The lowest BCUT2D eigenvalue weighted by Crippen LogP contribution is -2.49. The van der Waals surface area contributed by atoms with Gasteiger partial charge < -0.3 is 14.7 Å². The zero-order chi connectivity index (χ0) is 22.1. The molecule has 158 valence electrons. The third-order valence-corrected chi connectivity index (χ3v) is 5.96. The normalized spacial score (nSPS) is 12.0. The second kappa shape index (κ2) is 8.09. The summed E-state index contributed by atoms with van der Waals surface area (Å²) >= 11 is 0. The summed E-state index contributed by atoms with van der Waals surface area (Å²) in [7, 11) is 0. The number of benzene rings is 4. The van der Waals surface area contributed by atoms with Gasteiger partial charge in [-0.05, 0) is 75.5 Å². The summed E-state index contributed by atoms with van der Waals surface area (Å²) in [5, 5.41) is 12.8. The Morgan fingerprint density at radius 3 is 1.90 bits per heavy atom. The number of ether oxygens (including phenoxy) is 1. The molecule has 0 saturated heterocycles. The largest absolute Gasteiger partial charge is 0.485 e. The van der Waals surface area contributed by atoms with E-state index in [1.165, 1.54) is 10.8 Å². The molecule has 0 spiro atoms. The topological polar surface area (TPSA) is 32.7 Å². The van der Waals surface area contributed by atoms with E-state index in [1.807, 2.05) is 32.0 Å². The van der Waals surface area contributed by atoms with Crippen LogP contribution in [0.25, 0.3) is 10.8 Å². The van der Waals surface area contributed by atoms with Crippen LogP contribution in [0, 0.1) is 0 Å². The molecule has 0 amide bonds. The van der Waals surface area contributed by atoms with E-state index in [2.05, 4.69) is 83.8 Å². The van der Waals surface area contributed by atoms with Crippen LogP contribution in [0.5, 0.6) is 5.75 Å². The highest BCUT2D eigenvalue weighted by Crippen LogP contribution is 2.39. The summed E-state index contributed by atoms with van der Waals surface area (Å²) in [6.07, 6.45) is 0. The van der Waals surface area contributed by atoms with Gasteiger partial charge in [0.2, 0.25) is 0 Å². The first-order chi connectivity index (χ1) is 14.8. The number of fused-ring (bicyclic) bond motifs is 1. The molecule has 31 heavy (non-hydrogen) atoms.